The Labute approximate surface area is 313 Å². The van der Waals surface area contributed by atoms with Gasteiger partial charge in [-0.15, -0.1) is 0 Å². The molecule has 0 spiro atoms. The number of ether oxygens (including phenoxy) is 4. The number of carboxylic acid groups (broad SMARTS) is 1. The van der Waals surface area contributed by atoms with E-state index < -0.39 is 78.1 Å². The summed E-state index contributed by atoms with van der Waals surface area (Å²) in [5, 5.41) is 15.3. The Morgan fingerprint density at radius 1 is 0.731 bits per heavy atom. The van der Waals surface area contributed by atoms with E-state index in [1.54, 1.807) is 121 Å². The minimum Gasteiger partial charge on any atom is -0.484 e. The van der Waals surface area contributed by atoms with Gasteiger partial charge in [0.15, 0.2) is 19.3 Å². The molecule has 4 aromatic rings. The minimum atomic E-state index is -3.48. The van der Waals surface area contributed by atoms with Gasteiger partial charge in [0.25, 0.3) is 11.8 Å². The summed E-state index contributed by atoms with van der Waals surface area (Å²) in [6, 6.07) is 33.3. The van der Waals surface area contributed by atoms with Gasteiger partial charge in [-0.05, 0) is 28.0 Å². The topological polar surface area (TPSA) is 158 Å². The molecule has 0 saturated carbocycles. The molecule has 1 fully saturated rings. The van der Waals surface area contributed by atoms with Gasteiger partial charge in [0, 0.05) is 6.89 Å². The molecule has 1 heterocycles. The molecule has 16 heteroatoms. The van der Waals surface area contributed by atoms with E-state index in [4.69, 9.17) is 49.0 Å². The molecular formula is C36H30Cl3N2O10P. The number of halogens is 3. The van der Waals surface area contributed by atoms with Gasteiger partial charge in [-0.25, -0.2) is 14.4 Å². The van der Waals surface area contributed by atoms with Crippen molar-refractivity contribution in [1.82, 2.24) is 10.2 Å². The van der Waals surface area contributed by atoms with Crippen molar-refractivity contribution in [2.45, 2.75) is 16.1 Å². The van der Waals surface area contributed by atoms with Gasteiger partial charge in [0.05, 0.1) is 0 Å². The van der Waals surface area contributed by atoms with Gasteiger partial charge in [-0.1, -0.05) is 144 Å². The highest BCUT2D eigenvalue weighted by Crippen LogP contribution is 2.48. The van der Waals surface area contributed by atoms with Crippen LogP contribution in [-0.2, 0) is 33.4 Å². The molecular weight excluding hydrogens is 758 g/mol. The summed E-state index contributed by atoms with van der Waals surface area (Å²) in [5.41, 5.74) is -0.395. The lowest BCUT2D eigenvalue weighted by atomic mass is 10.0. The highest BCUT2D eigenvalue weighted by atomic mass is 35.6. The highest BCUT2D eigenvalue weighted by molar-refractivity contribution is 7.96. The normalized spacial score (nSPS) is 15.4. The zero-order valence-electron chi connectivity index (χ0n) is 27.0. The molecule has 1 aliphatic heterocycles. The second-order valence-electron chi connectivity index (χ2n) is 11.0. The van der Waals surface area contributed by atoms with Crippen molar-refractivity contribution in [2.24, 2.45) is 0 Å². The van der Waals surface area contributed by atoms with E-state index in [0.29, 0.717) is 21.7 Å². The molecule has 2 amide bonds. The van der Waals surface area contributed by atoms with Crippen molar-refractivity contribution in [3.63, 3.8) is 0 Å². The van der Waals surface area contributed by atoms with Gasteiger partial charge in [0.2, 0.25) is 10.0 Å². The number of nitrogens with one attached hydrogen (secondary N) is 1. The number of benzene rings is 4. The Morgan fingerprint density at radius 2 is 1.21 bits per heavy atom. The van der Waals surface area contributed by atoms with Crippen molar-refractivity contribution in [3.05, 3.63) is 121 Å². The molecule has 2 atom stereocenters. The van der Waals surface area contributed by atoms with Crippen LogP contribution in [0.15, 0.2) is 121 Å². The fraction of sp³-hybridized carbons (Fsp3) is 0.167. The number of nitrogens with zero attached hydrogens (tertiary/aromatic N) is 1. The number of para-hydroxylation sites is 1. The number of β-lactam (4-membered cyclic amide) rings is 1. The Balaban J connectivity index is 1.59. The number of aliphatic carboxylic acids is 1. The number of carbonyl (C=O) groups is 5. The maximum atomic E-state index is 14.2. The first kappa shape index (κ1) is 38.2. The molecule has 12 nitrogen and oxygen atoms in total. The standard InChI is InChI=1S/C36H30Cl3N2O10P/c37-36(38,39)23-50-35(47)49-22-29(43)51-32-30(40-28(42)21-48-24-13-5-1-6-14-24)31(44)41(32)33(34(45)46)52(25-15-7-2-8-16-25,26-17-9-3-10-18-26)27-19-11-4-12-20-27/h1-20,30,32H,21-23H2,(H,40,42)(H,45,46). The first-order valence-corrected chi connectivity index (χ1v) is 18.4. The third-order valence-electron chi connectivity index (χ3n) is 7.55. The SMILES string of the molecule is O=C(COc1ccccc1)NC1C(=O)N(C(C(=O)O)=P(c2ccccc2)(c2ccccc2)c2ccccc2)C1OC(=O)COC(=O)OCC(Cl)(Cl)Cl. The second-order valence-corrected chi connectivity index (χ2v) is 16.8. The predicted molar refractivity (Wildman–Crippen MR) is 196 cm³/mol. The number of hydrogen-bond acceptors (Lipinski definition) is 9. The summed E-state index contributed by atoms with van der Waals surface area (Å²) in [6.07, 6.45) is -3.07. The number of hydrogen-bond donors (Lipinski definition) is 2. The van der Waals surface area contributed by atoms with Gasteiger partial charge < -0.3 is 29.4 Å². The van der Waals surface area contributed by atoms with E-state index in [9.17, 15) is 29.1 Å². The van der Waals surface area contributed by atoms with Gasteiger partial charge >= 0.3 is 18.1 Å². The maximum Gasteiger partial charge on any atom is 0.508 e. The number of alkyl halides is 3. The van der Waals surface area contributed by atoms with Crippen LogP contribution in [0.5, 0.6) is 5.75 Å². The molecule has 2 unspecified atom stereocenters. The summed E-state index contributed by atoms with van der Waals surface area (Å²) >= 11 is 16.7. The van der Waals surface area contributed by atoms with E-state index in [0.717, 1.165) is 4.90 Å². The quantitative estimate of drug-likeness (QED) is 0.0879. The Hall–Kier alpha value is -5.00. The zero-order valence-corrected chi connectivity index (χ0v) is 30.1. The van der Waals surface area contributed by atoms with Gasteiger partial charge in [-0.2, -0.15) is 0 Å². The molecule has 0 aliphatic carbocycles. The number of rotatable bonds is 13. The smallest absolute Gasteiger partial charge is 0.484 e. The highest BCUT2D eigenvalue weighted by Gasteiger charge is 2.56. The zero-order chi connectivity index (χ0) is 37.3. The monoisotopic (exact) mass is 786 g/mol. The predicted octanol–water partition coefficient (Wildman–Crippen LogP) is 3.99. The first-order chi connectivity index (χ1) is 24.9. The summed E-state index contributed by atoms with van der Waals surface area (Å²) in [5.74, 6) is -3.95. The number of likely N-dealkylation sites (tertiary alicyclic amines) is 1. The Kier molecular flexibility index (Phi) is 12.5. The Bertz CT molecular complexity index is 1860. The van der Waals surface area contributed by atoms with Crippen LogP contribution >= 0.6 is 41.7 Å². The molecule has 0 radical (unpaired) electrons. The first-order valence-electron chi connectivity index (χ1n) is 15.4. The summed E-state index contributed by atoms with van der Waals surface area (Å²) < 4.78 is 18.6. The molecule has 52 heavy (non-hydrogen) atoms. The summed E-state index contributed by atoms with van der Waals surface area (Å²) in [7, 11) is 0. The molecule has 1 saturated heterocycles. The number of esters is 1. The van der Waals surface area contributed by atoms with Crippen molar-refractivity contribution >= 4 is 92.9 Å². The van der Waals surface area contributed by atoms with Gasteiger partial charge in [-0.3, -0.25) is 14.5 Å². The fourth-order valence-corrected chi connectivity index (χ4v) is 9.94. The molecule has 270 valence electrons. The van der Waals surface area contributed by atoms with E-state index >= 15 is 0 Å². The van der Waals surface area contributed by atoms with E-state index in [1.165, 1.54) is 0 Å². The lowest BCUT2D eigenvalue weighted by Crippen LogP contribution is -2.75. The van der Waals surface area contributed by atoms with Crippen molar-refractivity contribution < 1.29 is 48.0 Å². The minimum absolute atomic E-state index is 0.380. The summed E-state index contributed by atoms with van der Waals surface area (Å²) in [6.45, 7) is -5.71. The van der Waals surface area contributed by atoms with Gasteiger partial charge in [0.1, 0.15) is 17.8 Å². The van der Waals surface area contributed by atoms with E-state index in [1.807, 2.05) is 0 Å². The van der Waals surface area contributed by atoms with Crippen LogP contribution in [0.1, 0.15) is 0 Å². The molecule has 0 bridgehead atoms. The van der Waals surface area contributed by atoms with Crippen molar-refractivity contribution in [1.29, 1.82) is 0 Å². The molecule has 0 aromatic heterocycles. The van der Waals surface area contributed by atoms with Crippen LogP contribution < -0.4 is 26.0 Å². The second kappa shape index (κ2) is 17.0. The lowest BCUT2D eigenvalue weighted by molar-refractivity contribution is -0.185. The van der Waals surface area contributed by atoms with Crippen LogP contribution in [0.25, 0.3) is 0 Å². The van der Waals surface area contributed by atoms with Crippen LogP contribution in [0.3, 0.4) is 0 Å². The maximum absolute atomic E-state index is 14.2. The lowest BCUT2D eigenvalue weighted by Gasteiger charge is -2.48. The fourth-order valence-electron chi connectivity index (χ4n) is 5.47. The average Bonchev–Trinajstić information content (AvgIpc) is 3.15. The van der Waals surface area contributed by atoms with Crippen LogP contribution in [0, 0.1) is 0 Å². The molecule has 4 aromatic carbocycles. The third kappa shape index (κ3) is 8.89. The van der Waals surface area contributed by atoms with Crippen molar-refractivity contribution in [2.75, 3.05) is 19.8 Å². The summed E-state index contributed by atoms with van der Waals surface area (Å²) in [4.78, 5) is 66.9. The number of carboxylic acids is 1. The largest absolute Gasteiger partial charge is 0.508 e. The van der Waals surface area contributed by atoms with Crippen LogP contribution in [0.4, 0.5) is 4.79 Å². The number of amides is 2. The Morgan fingerprint density at radius 3 is 1.67 bits per heavy atom. The van der Waals surface area contributed by atoms with Crippen molar-refractivity contribution in [3.8, 4) is 5.75 Å². The molecule has 2 N–H and O–H groups in total. The third-order valence-corrected chi connectivity index (χ3v) is 12.1. The van der Waals surface area contributed by atoms with Crippen LogP contribution in [0.2, 0.25) is 0 Å². The number of carbonyl (C=O) groups excluding carboxylic acids is 4. The average molecular weight is 788 g/mol. The molecule has 5 rings (SSSR count). The van der Waals surface area contributed by atoms with E-state index in [2.05, 4.69) is 10.1 Å². The molecule has 1 aliphatic rings. The van der Waals surface area contributed by atoms with Crippen LogP contribution in [-0.4, -0.2) is 81.2 Å². The van der Waals surface area contributed by atoms with E-state index in [-0.39, 0.29) is 0 Å².